The predicted molar refractivity (Wildman–Crippen MR) is 67.6 cm³/mol. The molecular weight excluding hydrogens is 280 g/mol. The number of amides is 2. The van der Waals surface area contributed by atoms with Gasteiger partial charge in [0.1, 0.15) is 5.54 Å². The molecule has 18 heavy (non-hydrogen) atoms. The van der Waals surface area contributed by atoms with E-state index in [2.05, 4.69) is 5.32 Å². The van der Waals surface area contributed by atoms with Crippen molar-refractivity contribution in [2.24, 2.45) is 5.92 Å². The molecule has 1 N–H and O–H groups in total. The first-order chi connectivity index (χ1) is 8.11. The zero-order chi connectivity index (χ0) is 14.1. The van der Waals surface area contributed by atoms with Crippen molar-refractivity contribution in [3.8, 4) is 0 Å². The van der Waals surface area contributed by atoms with Gasteiger partial charge in [-0.15, -0.1) is 11.6 Å². The van der Waals surface area contributed by atoms with Crippen molar-refractivity contribution in [2.75, 3.05) is 18.2 Å². The molecule has 0 aromatic heterocycles. The summed E-state index contributed by atoms with van der Waals surface area (Å²) in [5.74, 6) is -1.44. The Morgan fingerprint density at radius 3 is 2.50 bits per heavy atom. The standard InChI is InChI=1S/C10H17ClN2O4S/c1-7(4-11)6-18(16,17)13-5-8(14)12-9(15)10(13,2)3/h7H,4-6H2,1-3H3,(H,12,14,15). The second-order valence-corrected chi connectivity index (χ2v) is 7.23. The monoisotopic (exact) mass is 296 g/mol. The second-order valence-electron chi connectivity index (χ2n) is 4.98. The van der Waals surface area contributed by atoms with Crippen LogP contribution in [0.1, 0.15) is 20.8 Å². The van der Waals surface area contributed by atoms with Gasteiger partial charge >= 0.3 is 0 Å². The third kappa shape index (κ3) is 3.02. The number of nitrogens with one attached hydrogen (secondary N) is 1. The number of hydrogen-bond acceptors (Lipinski definition) is 4. The minimum atomic E-state index is -3.70. The van der Waals surface area contributed by atoms with Crippen LogP contribution in [0.4, 0.5) is 0 Å². The molecule has 1 aliphatic heterocycles. The minimum Gasteiger partial charge on any atom is -0.294 e. The van der Waals surface area contributed by atoms with Crippen molar-refractivity contribution in [3.63, 3.8) is 0 Å². The van der Waals surface area contributed by atoms with Gasteiger partial charge in [-0.2, -0.15) is 4.31 Å². The van der Waals surface area contributed by atoms with E-state index >= 15 is 0 Å². The van der Waals surface area contributed by atoms with E-state index in [1.54, 1.807) is 6.92 Å². The Balaban J connectivity index is 3.05. The fourth-order valence-corrected chi connectivity index (χ4v) is 4.05. The van der Waals surface area contributed by atoms with E-state index in [0.717, 1.165) is 4.31 Å². The summed E-state index contributed by atoms with van der Waals surface area (Å²) >= 11 is 5.60. The highest BCUT2D eigenvalue weighted by Gasteiger charge is 2.47. The maximum atomic E-state index is 12.2. The summed E-state index contributed by atoms with van der Waals surface area (Å²) in [5.41, 5.74) is -1.27. The van der Waals surface area contributed by atoms with Gasteiger partial charge in [-0.25, -0.2) is 8.42 Å². The van der Waals surface area contributed by atoms with E-state index < -0.39 is 27.4 Å². The third-order valence-corrected chi connectivity index (χ3v) is 5.59. The Hall–Kier alpha value is -0.660. The lowest BCUT2D eigenvalue weighted by atomic mass is 10.0. The van der Waals surface area contributed by atoms with Crippen molar-refractivity contribution >= 4 is 33.4 Å². The number of hydrogen-bond donors (Lipinski definition) is 1. The van der Waals surface area contributed by atoms with Crippen molar-refractivity contribution in [1.29, 1.82) is 0 Å². The molecule has 0 saturated carbocycles. The van der Waals surface area contributed by atoms with Gasteiger partial charge in [-0.1, -0.05) is 6.92 Å². The number of nitrogens with zero attached hydrogens (tertiary/aromatic N) is 1. The SMILES string of the molecule is CC(CCl)CS(=O)(=O)N1CC(=O)NC(=O)C1(C)C. The van der Waals surface area contributed by atoms with Crippen LogP contribution in [0.15, 0.2) is 0 Å². The first kappa shape index (κ1) is 15.4. The summed E-state index contributed by atoms with van der Waals surface area (Å²) in [6.45, 7) is 4.30. The van der Waals surface area contributed by atoms with Gasteiger partial charge in [0.25, 0.3) is 0 Å². The van der Waals surface area contributed by atoms with Gasteiger partial charge < -0.3 is 0 Å². The zero-order valence-electron chi connectivity index (χ0n) is 10.6. The molecule has 1 unspecified atom stereocenters. The molecule has 104 valence electrons. The van der Waals surface area contributed by atoms with E-state index in [-0.39, 0.29) is 24.1 Å². The van der Waals surface area contributed by atoms with E-state index in [1.165, 1.54) is 13.8 Å². The number of piperazine rings is 1. The number of imide groups is 1. The number of carbonyl (C=O) groups is 2. The smallest absolute Gasteiger partial charge is 0.247 e. The highest BCUT2D eigenvalue weighted by atomic mass is 35.5. The largest absolute Gasteiger partial charge is 0.294 e. The van der Waals surface area contributed by atoms with Crippen molar-refractivity contribution in [1.82, 2.24) is 9.62 Å². The van der Waals surface area contributed by atoms with Crippen LogP contribution in [0.25, 0.3) is 0 Å². The molecule has 0 spiro atoms. The van der Waals surface area contributed by atoms with Gasteiger partial charge in [0.2, 0.25) is 21.8 Å². The molecule has 1 aliphatic rings. The molecule has 0 bridgehead atoms. The Bertz CT molecular complexity index is 460. The average Bonchev–Trinajstić information content (AvgIpc) is 2.22. The number of halogens is 1. The summed E-state index contributed by atoms with van der Waals surface area (Å²) < 4.78 is 25.3. The third-order valence-electron chi connectivity index (χ3n) is 2.81. The Labute approximate surface area is 112 Å². The summed E-state index contributed by atoms with van der Waals surface area (Å²) in [5, 5.41) is 2.13. The summed E-state index contributed by atoms with van der Waals surface area (Å²) in [6.07, 6.45) is 0. The minimum absolute atomic E-state index is 0.180. The fraction of sp³-hybridized carbons (Fsp3) is 0.800. The van der Waals surface area contributed by atoms with Crippen molar-refractivity contribution in [3.05, 3.63) is 0 Å². The molecule has 8 heteroatoms. The van der Waals surface area contributed by atoms with Crippen LogP contribution >= 0.6 is 11.6 Å². The van der Waals surface area contributed by atoms with Gasteiger partial charge in [0.05, 0.1) is 12.3 Å². The zero-order valence-corrected chi connectivity index (χ0v) is 12.1. The van der Waals surface area contributed by atoms with Gasteiger partial charge in [-0.05, 0) is 19.8 Å². The van der Waals surface area contributed by atoms with E-state index in [1.807, 2.05) is 0 Å². The lowest BCUT2D eigenvalue weighted by Crippen LogP contribution is -2.65. The molecule has 1 fully saturated rings. The van der Waals surface area contributed by atoms with E-state index in [9.17, 15) is 18.0 Å². The predicted octanol–water partition coefficient (Wildman–Crippen LogP) is -0.0719. The highest BCUT2D eigenvalue weighted by Crippen LogP contribution is 2.23. The van der Waals surface area contributed by atoms with Gasteiger partial charge in [-0.3, -0.25) is 14.9 Å². The Kier molecular flexibility index (Phi) is 4.40. The van der Waals surface area contributed by atoms with Crippen LogP contribution in [-0.2, 0) is 19.6 Å². The number of rotatable bonds is 4. The summed E-state index contributed by atoms with van der Waals surface area (Å²) in [7, 11) is -3.70. The molecule has 0 radical (unpaired) electrons. The first-order valence-electron chi connectivity index (χ1n) is 5.52. The van der Waals surface area contributed by atoms with Gasteiger partial charge in [0, 0.05) is 5.88 Å². The molecule has 0 aromatic carbocycles. The van der Waals surface area contributed by atoms with Crippen LogP contribution in [0.2, 0.25) is 0 Å². The van der Waals surface area contributed by atoms with Crippen molar-refractivity contribution < 1.29 is 18.0 Å². The van der Waals surface area contributed by atoms with E-state index in [4.69, 9.17) is 11.6 Å². The second kappa shape index (κ2) is 5.14. The lowest BCUT2D eigenvalue weighted by Gasteiger charge is -2.39. The number of sulfonamides is 1. The Morgan fingerprint density at radius 1 is 1.44 bits per heavy atom. The molecule has 0 aromatic rings. The van der Waals surface area contributed by atoms with Crippen LogP contribution in [-0.4, -0.2) is 48.3 Å². The lowest BCUT2D eigenvalue weighted by molar-refractivity contribution is -0.141. The van der Waals surface area contributed by atoms with Crippen LogP contribution < -0.4 is 5.32 Å². The normalized spacial score (nSPS) is 22.7. The van der Waals surface area contributed by atoms with Crippen LogP contribution in [0.3, 0.4) is 0 Å². The maximum Gasteiger partial charge on any atom is 0.247 e. The molecule has 1 heterocycles. The molecule has 6 nitrogen and oxygen atoms in total. The quantitative estimate of drug-likeness (QED) is 0.581. The Morgan fingerprint density at radius 2 is 2.00 bits per heavy atom. The van der Waals surface area contributed by atoms with Crippen LogP contribution in [0.5, 0.6) is 0 Å². The average molecular weight is 297 g/mol. The molecule has 1 rings (SSSR count). The van der Waals surface area contributed by atoms with Crippen molar-refractivity contribution in [2.45, 2.75) is 26.3 Å². The molecule has 1 saturated heterocycles. The molecule has 0 aliphatic carbocycles. The topological polar surface area (TPSA) is 83.6 Å². The summed E-state index contributed by atoms with van der Waals surface area (Å²) in [4.78, 5) is 23.0. The maximum absolute atomic E-state index is 12.2. The number of alkyl halides is 1. The fourth-order valence-electron chi connectivity index (χ4n) is 1.70. The van der Waals surface area contributed by atoms with Gasteiger partial charge in [0.15, 0.2) is 0 Å². The summed E-state index contributed by atoms with van der Waals surface area (Å²) in [6, 6.07) is 0. The molecular formula is C10H17ClN2O4S. The van der Waals surface area contributed by atoms with E-state index in [0.29, 0.717) is 0 Å². The molecule has 1 atom stereocenters. The highest BCUT2D eigenvalue weighted by molar-refractivity contribution is 7.89. The molecule has 2 amide bonds. The van der Waals surface area contributed by atoms with Crippen LogP contribution in [0, 0.1) is 5.92 Å². The first-order valence-corrected chi connectivity index (χ1v) is 7.66. The number of carbonyl (C=O) groups excluding carboxylic acids is 2.